The lowest BCUT2D eigenvalue weighted by Crippen LogP contribution is -2.40. The van der Waals surface area contributed by atoms with Gasteiger partial charge in [0.25, 0.3) is 0 Å². The predicted octanol–water partition coefficient (Wildman–Crippen LogP) is 14.8. The Morgan fingerprint density at radius 3 is 1.86 bits per heavy atom. The summed E-state index contributed by atoms with van der Waals surface area (Å²) in [5.41, 5.74) is 5.08. The van der Waals surface area contributed by atoms with Gasteiger partial charge in [0, 0.05) is 51.5 Å². The van der Waals surface area contributed by atoms with Crippen LogP contribution < -0.4 is 14.5 Å². The number of anilines is 2. The van der Waals surface area contributed by atoms with E-state index in [-0.39, 0.29) is 75.9 Å². The summed E-state index contributed by atoms with van der Waals surface area (Å²) in [5.74, 6) is 1.74. The van der Waals surface area contributed by atoms with Gasteiger partial charge in [-0.2, -0.15) is 0 Å². The summed E-state index contributed by atoms with van der Waals surface area (Å²) in [6.45, 7) is 8.42. The maximum Gasteiger partial charge on any atom is 0.137 e. The lowest BCUT2D eigenvalue weighted by atomic mass is 9.86. The highest BCUT2D eigenvalue weighted by Crippen LogP contribution is 2.54. The Morgan fingerprint density at radius 1 is 0.600 bits per heavy atom. The molecule has 5 heteroatoms. The first-order chi connectivity index (χ1) is 38.0. The highest BCUT2D eigenvalue weighted by Gasteiger charge is 2.55. The van der Waals surface area contributed by atoms with Crippen LogP contribution >= 0.6 is 0 Å². The number of nitrogens with zero attached hydrogens (tertiary/aromatic N) is 4. The molecule has 0 radical (unpaired) electrons. The van der Waals surface area contributed by atoms with E-state index in [1.807, 2.05) is 72.2 Å². The number of ether oxygens (including phenoxy) is 1. The molecule has 0 spiro atoms. The van der Waals surface area contributed by atoms with Crippen LogP contribution in [0.25, 0.3) is 61.0 Å². The van der Waals surface area contributed by atoms with Gasteiger partial charge in [0.1, 0.15) is 17.3 Å². The molecule has 3 aliphatic rings. The van der Waals surface area contributed by atoms with Crippen molar-refractivity contribution in [1.82, 2.24) is 9.55 Å². The van der Waals surface area contributed by atoms with Crippen molar-refractivity contribution in [2.45, 2.75) is 51.6 Å². The molecule has 65 heavy (non-hydrogen) atoms. The minimum absolute atomic E-state index is 0.0122. The SMILES string of the molecule is [2H]c1c([2H])c([2H])c(-c2cnc(-n3c4ccccc4c4ccc(Oc5cc(N6CN(c7c(-c8c([2H])c([2H])c([2H])c([2H])c8[2H])cccc7-c7c([2H])c([2H])c([2H])c([2H])c7[2H])C7C8C=C[C@H](C8)[C@@H]76)cc(C(C)(C)C)c5)cc43)cc2C)c([2H])c1[2H]. The third-order valence-corrected chi connectivity index (χ3v) is 13.3. The fourth-order valence-corrected chi connectivity index (χ4v) is 10.4. The van der Waals surface area contributed by atoms with E-state index >= 15 is 0 Å². The van der Waals surface area contributed by atoms with Crippen molar-refractivity contribution in [3.8, 4) is 50.7 Å². The van der Waals surface area contributed by atoms with Crippen LogP contribution in [0, 0.1) is 18.8 Å². The number of benzene rings is 7. The Morgan fingerprint density at radius 2 is 1.22 bits per heavy atom. The largest absolute Gasteiger partial charge is 0.457 e. The Kier molecular flexibility index (Phi) is 6.27. The molecule has 12 rings (SSSR count). The molecule has 2 bridgehead atoms. The smallest absolute Gasteiger partial charge is 0.137 e. The molecule has 4 atom stereocenters. The number of hydrogen-bond acceptors (Lipinski definition) is 4. The molecule has 2 unspecified atom stereocenters. The molecule has 2 aliphatic carbocycles. The Balaban J connectivity index is 0.992. The maximum atomic E-state index is 9.19. The van der Waals surface area contributed by atoms with Gasteiger partial charge in [0.2, 0.25) is 0 Å². The average Bonchev–Trinajstić information content (AvgIpc) is 3.03. The van der Waals surface area contributed by atoms with Gasteiger partial charge >= 0.3 is 0 Å². The molecular weight excluding hydrogens is 793 g/mol. The van der Waals surface area contributed by atoms with Crippen molar-refractivity contribution in [2.24, 2.45) is 11.8 Å². The zero-order valence-corrected chi connectivity index (χ0v) is 36.2. The number of pyridine rings is 1. The summed E-state index contributed by atoms with van der Waals surface area (Å²) in [6, 6.07) is 19.7. The highest BCUT2D eigenvalue weighted by molar-refractivity contribution is 6.09. The second kappa shape index (κ2) is 15.4. The average molecular weight is 860 g/mol. The van der Waals surface area contributed by atoms with E-state index < -0.39 is 78.6 Å². The van der Waals surface area contributed by atoms with Crippen LogP contribution in [0.1, 0.15) is 58.9 Å². The Labute approximate surface area is 403 Å². The minimum atomic E-state index is -0.549. The lowest BCUT2D eigenvalue weighted by molar-refractivity contribution is 0.478. The molecule has 0 amide bonds. The second-order valence-corrected chi connectivity index (χ2v) is 18.2. The van der Waals surface area contributed by atoms with E-state index in [4.69, 9.17) is 24.8 Å². The number of fused-ring (bicyclic) bond motifs is 8. The van der Waals surface area contributed by atoms with Gasteiger partial charge in [0.15, 0.2) is 0 Å². The summed E-state index contributed by atoms with van der Waals surface area (Å²) in [7, 11) is 0. The monoisotopic (exact) mass is 860 g/mol. The quantitative estimate of drug-likeness (QED) is 0.143. The molecule has 318 valence electrons. The van der Waals surface area contributed by atoms with E-state index in [0.717, 1.165) is 39.5 Å². The van der Waals surface area contributed by atoms with Crippen molar-refractivity contribution in [3.63, 3.8) is 0 Å². The van der Waals surface area contributed by atoms with Gasteiger partial charge < -0.3 is 14.5 Å². The number of aryl methyl sites for hydroxylation is 1. The molecule has 2 fully saturated rings. The number of para-hydroxylation sites is 2. The van der Waals surface area contributed by atoms with Crippen molar-refractivity contribution in [3.05, 3.63) is 205 Å². The Hall–Kier alpha value is -7.37. The normalized spacial score (nSPS) is 22.1. The molecule has 7 aromatic carbocycles. The molecule has 1 aliphatic heterocycles. The van der Waals surface area contributed by atoms with Gasteiger partial charge in [-0.15, -0.1) is 0 Å². The fraction of sp³-hybridized carbons (Fsp3) is 0.183. The zero-order chi connectivity index (χ0) is 56.9. The maximum absolute atomic E-state index is 9.19. The highest BCUT2D eigenvalue weighted by atomic mass is 16.5. The van der Waals surface area contributed by atoms with Crippen LogP contribution in [-0.2, 0) is 5.41 Å². The fourth-order valence-electron chi connectivity index (χ4n) is 10.4. The number of hydrogen-bond donors (Lipinski definition) is 0. The molecule has 3 heterocycles. The van der Waals surface area contributed by atoms with Crippen molar-refractivity contribution < 1.29 is 25.3 Å². The van der Waals surface area contributed by atoms with Crippen LogP contribution in [0.4, 0.5) is 11.4 Å². The summed E-state index contributed by atoms with van der Waals surface area (Å²) in [5, 5.41) is 1.90. The molecular formula is C60H52N4O. The number of rotatable bonds is 8. The van der Waals surface area contributed by atoms with E-state index in [1.54, 1.807) is 24.4 Å². The van der Waals surface area contributed by atoms with E-state index in [0.29, 0.717) is 34.1 Å². The third-order valence-electron chi connectivity index (χ3n) is 13.3. The topological polar surface area (TPSA) is 33.5 Å². The standard InChI is InChI=1S/C60H52N4O/c1-39-31-56(61-37-53(39)42-21-12-7-13-22-42)64-54-26-15-14-23-51(54)52-30-29-47(36-55(52)64)65-48-34-45(60(2,3)4)33-46(35-48)62-38-63(58-44-28-27-43(32-44)57(58)62)59-49(40-17-8-5-9-18-40)24-16-25-50(59)41-19-10-6-11-20-41/h5-31,33-37,43-44,57-58H,32,38H2,1-4H3/t43-,44?,57+,58?/m1/s1/i5D,6D,7D,8D,9D,10D,11D,12D,13D,17D,18D,19D,20D,21D,22D. The van der Waals surface area contributed by atoms with Gasteiger partial charge in [-0.1, -0.05) is 160 Å². The van der Waals surface area contributed by atoms with Crippen LogP contribution in [0.5, 0.6) is 11.5 Å². The summed E-state index contributed by atoms with van der Waals surface area (Å²) < 4.78 is 139. The first-order valence-corrected chi connectivity index (χ1v) is 21.9. The second-order valence-electron chi connectivity index (χ2n) is 18.2. The summed E-state index contributed by atoms with van der Waals surface area (Å²) in [6.07, 6.45) is 6.80. The summed E-state index contributed by atoms with van der Waals surface area (Å²) in [4.78, 5) is 9.33. The van der Waals surface area contributed by atoms with E-state index in [9.17, 15) is 5.48 Å². The molecule has 1 saturated heterocycles. The predicted molar refractivity (Wildman–Crippen MR) is 269 cm³/mol. The van der Waals surface area contributed by atoms with Crippen molar-refractivity contribution in [1.29, 1.82) is 0 Å². The first-order valence-electron chi connectivity index (χ1n) is 29.4. The lowest BCUT2D eigenvalue weighted by Gasteiger charge is -2.33. The summed E-state index contributed by atoms with van der Waals surface area (Å²) >= 11 is 0. The molecule has 5 nitrogen and oxygen atoms in total. The van der Waals surface area contributed by atoms with Crippen molar-refractivity contribution >= 4 is 33.2 Å². The van der Waals surface area contributed by atoms with Crippen LogP contribution in [-0.4, -0.2) is 28.3 Å². The molecule has 1 saturated carbocycles. The van der Waals surface area contributed by atoms with Crippen molar-refractivity contribution in [2.75, 3.05) is 16.5 Å². The molecule has 9 aromatic rings. The van der Waals surface area contributed by atoms with Crippen LogP contribution in [0.2, 0.25) is 0 Å². The number of aromatic nitrogens is 2. The van der Waals surface area contributed by atoms with Gasteiger partial charge in [0.05, 0.1) is 56.0 Å². The third kappa shape index (κ3) is 6.72. The molecule has 0 N–H and O–H groups in total. The van der Waals surface area contributed by atoms with Crippen LogP contribution in [0.15, 0.2) is 194 Å². The zero-order valence-electron chi connectivity index (χ0n) is 51.2. The van der Waals surface area contributed by atoms with E-state index in [1.165, 1.54) is 0 Å². The van der Waals surface area contributed by atoms with Gasteiger partial charge in [-0.3, -0.25) is 4.57 Å². The van der Waals surface area contributed by atoms with Crippen LogP contribution in [0.3, 0.4) is 0 Å². The minimum Gasteiger partial charge on any atom is -0.457 e. The van der Waals surface area contributed by atoms with Gasteiger partial charge in [-0.25, -0.2) is 4.98 Å². The Bertz CT molecular complexity index is 4010. The van der Waals surface area contributed by atoms with E-state index in [2.05, 4.69) is 48.8 Å². The first kappa shape index (κ1) is 26.4. The van der Waals surface area contributed by atoms with Gasteiger partial charge in [-0.05, 0) is 94.8 Å². The molecule has 2 aromatic heterocycles.